The van der Waals surface area contributed by atoms with Crippen molar-refractivity contribution in [1.82, 2.24) is 20.7 Å². The van der Waals surface area contributed by atoms with E-state index in [0.29, 0.717) is 0 Å². The molecule has 3 heterocycles. The number of rotatable bonds is 5. The molecular formula is C21H25N5O2. The van der Waals surface area contributed by atoms with Gasteiger partial charge in [-0.05, 0) is 36.6 Å². The number of nitrogens with one attached hydrogen (secondary N) is 2. The van der Waals surface area contributed by atoms with E-state index in [1.165, 1.54) is 5.56 Å². The quantitative estimate of drug-likeness (QED) is 0.811. The molecule has 1 unspecified atom stereocenters. The molecule has 0 bridgehead atoms. The SMILES string of the molecule is O=C(NC1N=C2C=CC=C(c3cccc(CN4CCOCC4)c3)N2N1)C1CC1. The molecule has 1 aromatic rings. The largest absolute Gasteiger partial charge is 0.379 e. The van der Waals surface area contributed by atoms with Crippen molar-refractivity contribution in [2.45, 2.75) is 25.7 Å². The zero-order valence-corrected chi connectivity index (χ0v) is 15.8. The van der Waals surface area contributed by atoms with Crippen LogP contribution in [0.4, 0.5) is 0 Å². The molecule has 5 rings (SSSR count). The molecule has 7 heteroatoms. The highest BCUT2D eigenvalue weighted by molar-refractivity contribution is 6.02. The smallest absolute Gasteiger partial charge is 0.225 e. The van der Waals surface area contributed by atoms with Crippen molar-refractivity contribution in [2.24, 2.45) is 10.9 Å². The van der Waals surface area contributed by atoms with E-state index in [1.807, 2.05) is 17.2 Å². The van der Waals surface area contributed by atoms with Crippen molar-refractivity contribution in [3.63, 3.8) is 0 Å². The molecule has 1 saturated heterocycles. The number of amides is 1. The lowest BCUT2D eigenvalue weighted by molar-refractivity contribution is -0.123. The Hall–Kier alpha value is -2.48. The second-order valence-corrected chi connectivity index (χ2v) is 7.64. The molecule has 4 aliphatic rings. The van der Waals surface area contributed by atoms with Gasteiger partial charge in [-0.3, -0.25) is 14.7 Å². The molecule has 1 amide bonds. The summed E-state index contributed by atoms with van der Waals surface area (Å²) in [4.78, 5) is 19.1. The van der Waals surface area contributed by atoms with Crippen molar-refractivity contribution < 1.29 is 9.53 Å². The Kier molecular flexibility index (Phi) is 4.72. The van der Waals surface area contributed by atoms with E-state index in [4.69, 9.17) is 4.74 Å². The molecule has 2 N–H and O–H groups in total. The average Bonchev–Trinajstić information content (AvgIpc) is 3.49. The second kappa shape index (κ2) is 7.50. The Morgan fingerprint density at radius 3 is 2.96 bits per heavy atom. The Morgan fingerprint density at radius 1 is 1.29 bits per heavy atom. The monoisotopic (exact) mass is 379 g/mol. The van der Waals surface area contributed by atoms with Gasteiger partial charge < -0.3 is 10.1 Å². The number of morpholine rings is 1. The summed E-state index contributed by atoms with van der Waals surface area (Å²) in [6, 6.07) is 8.62. The number of amidine groups is 1. The molecule has 1 saturated carbocycles. The van der Waals surface area contributed by atoms with Crippen LogP contribution in [0.5, 0.6) is 0 Å². The third kappa shape index (κ3) is 3.73. The van der Waals surface area contributed by atoms with Crippen LogP contribution in [0.1, 0.15) is 24.0 Å². The lowest BCUT2D eigenvalue weighted by Gasteiger charge is -2.28. The first-order chi connectivity index (χ1) is 13.8. The molecule has 0 spiro atoms. The lowest BCUT2D eigenvalue weighted by atomic mass is 10.1. The predicted octanol–water partition coefficient (Wildman–Crippen LogP) is 1.46. The first-order valence-corrected chi connectivity index (χ1v) is 9.98. The van der Waals surface area contributed by atoms with Crippen molar-refractivity contribution in [3.8, 4) is 0 Å². The van der Waals surface area contributed by atoms with Crippen molar-refractivity contribution in [2.75, 3.05) is 26.3 Å². The number of ether oxygens (including phenoxy) is 1. The summed E-state index contributed by atoms with van der Waals surface area (Å²) in [5.74, 6) is 1.07. The minimum atomic E-state index is -0.411. The number of carbonyl (C=O) groups excluding carboxylic acids is 1. The maximum absolute atomic E-state index is 12.1. The molecule has 1 aliphatic carbocycles. The molecule has 1 atom stereocenters. The number of nitrogens with zero attached hydrogens (tertiary/aromatic N) is 3. The number of hydrogen-bond acceptors (Lipinski definition) is 6. The topological polar surface area (TPSA) is 69.2 Å². The molecule has 0 radical (unpaired) electrons. The molecular weight excluding hydrogens is 354 g/mol. The van der Waals surface area contributed by atoms with Gasteiger partial charge in [0.2, 0.25) is 5.91 Å². The van der Waals surface area contributed by atoms with Crippen molar-refractivity contribution >= 4 is 17.4 Å². The van der Waals surface area contributed by atoms with Crippen LogP contribution in [-0.2, 0) is 16.1 Å². The number of aliphatic imine (C=N–C) groups is 1. The van der Waals surface area contributed by atoms with Crippen LogP contribution in [0.15, 0.2) is 47.5 Å². The van der Waals surface area contributed by atoms with Crippen LogP contribution in [0.3, 0.4) is 0 Å². The van der Waals surface area contributed by atoms with Crippen LogP contribution >= 0.6 is 0 Å². The fraction of sp³-hybridized carbons (Fsp3) is 0.429. The van der Waals surface area contributed by atoms with Crippen LogP contribution in [0.25, 0.3) is 5.70 Å². The summed E-state index contributed by atoms with van der Waals surface area (Å²) >= 11 is 0. The number of fused-ring (bicyclic) bond motifs is 1. The number of hydrazine groups is 1. The Bertz CT molecular complexity index is 852. The van der Waals surface area contributed by atoms with E-state index in [2.05, 4.69) is 51.0 Å². The highest BCUT2D eigenvalue weighted by Crippen LogP contribution is 2.30. The molecule has 0 aromatic heterocycles. The van der Waals surface area contributed by atoms with Crippen LogP contribution in [-0.4, -0.2) is 54.2 Å². The average molecular weight is 379 g/mol. The molecule has 2 fully saturated rings. The second-order valence-electron chi connectivity index (χ2n) is 7.64. The van der Waals surface area contributed by atoms with Gasteiger partial charge in [-0.15, -0.1) is 0 Å². The highest BCUT2D eigenvalue weighted by atomic mass is 16.5. The Labute approximate surface area is 164 Å². The van der Waals surface area contributed by atoms with Crippen molar-refractivity contribution in [3.05, 3.63) is 53.6 Å². The first kappa shape index (κ1) is 17.6. The van der Waals surface area contributed by atoms with E-state index in [9.17, 15) is 4.79 Å². The number of hydrogen-bond donors (Lipinski definition) is 2. The normalized spacial score (nSPS) is 24.6. The standard InChI is InChI=1S/C21H25N5O2/c27-20(16-7-8-16)23-21-22-19-6-2-5-18(26(19)24-21)17-4-1-3-15(13-17)14-25-9-11-28-12-10-25/h1-6,13,16,21,24H,7-12,14H2,(H,23,27). The number of benzene rings is 1. The van der Waals surface area contributed by atoms with Gasteiger partial charge in [0.15, 0.2) is 6.29 Å². The van der Waals surface area contributed by atoms with Gasteiger partial charge in [0.1, 0.15) is 5.84 Å². The fourth-order valence-electron chi connectivity index (χ4n) is 3.75. The van der Waals surface area contributed by atoms with E-state index in [0.717, 1.165) is 62.8 Å². The van der Waals surface area contributed by atoms with Crippen molar-refractivity contribution in [1.29, 1.82) is 0 Å². The van der Waals surface area contributed by atoms with Gasteiger partial charge in [-0.2, -0.15) is 5.43 Å². The maximum atomic E-state index is 12.1. The van der Waals surface area contributed by atoms with Gasteiger partial charge in [0.25, 0.3) is 0 Å². The zero-order valence-electron chi connectivity index (χ0n) is 15.8. The van der Waals surface area contributed by atoms with Gasteiger partial charge >= 0.3 is 0 Å². The summed E-state index contributed by atoms with van der Waals surface area (Å²) in [7, 11) is 0. The third-order valence-electron chi connectivity index (χ3n) is 5.44. The molecule has 146 valence electrons. The van der Waals surface area contributed by atoms with Gasteiger partial charge in [0, 0.05) is 31.1 Å². The van der Waals surface area contributed by atoms with E-state index < -0.39 is 6.29 Å². The summed E-state index contributed by atoms with van der Waals surface area (Å²) < 4.78 is 5.44. The lowest BCUT2D eigenvalue weighted by Crippen LogP contribution is -2.47. The minimum Gasteiger partial charge on any atom is -0.379 e. The fourth-order valence-corrected chi connectivity index (χ4v) is 3.75. The van der Waals surface area contributed by atoms with Gasteiger partial charge in [-0.25, -0.2) is 4.99 Å². The summed E-state index contributed by atoms with van der Waals surface area (Å²) in [5, 5.41) is 4.94. The van der Waals surface area contributed by atoms with E-state index in [-0.39, 0.29) is 11.8 Å². The van der Waals surface area contributed by atoms with E-state index in [1.54, 1.807) is 0 Å². The first-order valence-electron chi connectivity index (χ1n) is 9.98. The summed E-state index contributed by atoms with van der Waals surface area (Å²) in [6.45, 7) is 4.49. The van der Waals surface area contributed by atoms with E-state index >= 15 is 0 Å². The van der Waals surface area contributed by atoms with Gasteiger partial charge in [-0.1, -0.05) is 24.3 Å². The summed E-state index contributed by atoms with van der Waals surface area (Å²) in [6.07, 6.45) is 7.60. The Balaban J connectivity index is 1.30. The highest BCUT2D eigenvalue weighted by Gasteiger charge is 2.34. The van der Waals surface area contributed by atoms with Crippen LogP contribution in [0.2, 0.25) is 0 Å². The van der Waals surface area contributed by atoms with Crippen LogP contribution < -0.4 is 10.7 Å². The predicted molar refractivity (Wildman–Crippen MR) is 107 cm³/mol. The Morgan fingerprint density at radius 2 is 2.14 bits per heavy atom. The molecule has 28 heavy (non-hydrogen) atoms. The number of carbonyl (C=O) groups is 1. The zero-order chi connectivity index (χ0) is 18.9. The van der Waals surface area contributed by atoms with Gasteiger partial charge in [0.05, 0.1) is 18.9 Å². The molecule has 7 nitrogen and oxygen atoms in total. The minimum absolute atomic E-state index is 0.0868. The number of allylic oxidation sites excluding steroid dienone is 2. The van der Waals surface area contributed by atoms with Crippen LogP contribution in [0, 0.1) is 5.92 Å². The maximum Gasteiger partial charge on any atom is 0.225 e. The third-order valence-corrected chi connectivity index (χ3v) is 5.44. The summed E-state index contributed by atoms with van der Waals surface area (Å²) in [5.41, 5.74) is 6.76. The molecule has 1 aromatic carbocycles. The molecule has 3 aliphatic heterocycles.